The van der Waals surface area contributed by atoms with E-state index in [-0.39, 0.29) is 18.0 Å². The Bertz CT molecular complexity index is 492. The van der Waals surface area contributed by atoms with E-state index in [4.69, 9.17) is 14.8 Å². The summed E-state index contributed by atoms with van der Waals surface area (Å²) in [5.41, 5.74) is 1.03. The molecule has 0 spiro atoms. The van der Waals surface area contributed by atoms with E-state index in [2.05, 4.69) is 5.16 Å². The maximum absolute atomic E-state index is 12.2. The number of hydroxylamine groups is 2. The van der Waals surface area contributed by atoms with Crippen molar-refractivity contribution in [1.29, 1.82) is 0 Å². The molecule has 1 aromatic carbocycles. The molecule has 21 heavy (non-hydrogen) atoms. The van der Waals surface area contributed by atoms with Crippen LogP contribution in [0.25, 0.3) is 0 Å². The van der Waals surface area contributed by atoms with Gasteiger partial charge in [-0.3, -0.25) is 9.63 Å². The van der Waals surface area contributed by atoms with Crippen LogP contribution >= 0.6 is 0 Å². The summed E-state index contributed by atoms with van der Waals surface area (Å²) in [7, 11) is 0. The summed E-state index contributed by atoms with van der Waals surface area (Å²) in [6, 6.07) is 9.10. The Morgan fingerprint density at radius 1 is 1.48 bits per heavy atom. The minimum atomic E-state index is -0.615. The Morgan fingerprint density at radius 2 is 2.19 bits per heavy atom. The second-order valence-electron chi connectivity index (χ2n) is 4.91. The van der Waals surface area contributed by atoms with Crippen LogP contribution in [-0.2, 0) is 20.9 Å². The van der Waals surface area contributed by atoms with Crippen molar-refractivity contribution < 1.29 is 19.6 Å². The number of hydrogen-bond donors (Lipinski definition) is 1. The molecule has 2 rings (SSSR count). The van der Waals surface area contributed by atoms with E-state index in [1.54, 1.807) is 12.0 Å². The third kappa shape index (κ3) is 3.59. The maximum Gasteiger partial charge on any atom is 0.326 e. The van der Waals surface area contributed by atoms with E-state index in [9.17, 15) is 4.79 Å². The topological polar surface area (TPSA) is 71.4 Å². The lowest BCUT2D eigenvalue weighted by molar-refractivity contribution is -0.183. The Labute approximate surface area is 123 Å². The van der Waals surface area contributed by atoms with Crippen molar-refractivity contribution >= 4 is 12.2 Å². The van der Waals surface area contributed by atoms with E-state index in [0.717, 1.165) is 5.56 Å². The molecule has 1 fully saturated rings. The maximum atomic E-state index is 12.2. The lowest BCUT2D eigenvalue weighted by Gasteiger charge is -2.22. The Kier molecular flexibility index (Phi) is 5.30. The molecule has 0 bridgehead atoms. The smallest absolute Gasteiger partial charge is 0.326 e. The number of esters is 1. The van der Waals surface area contributed by atoms with Crippen LogP contribution in [-0.4, -0.2) is 41.2 Å². The molecular formula is C15H20N2O4. The number of oxime groups is 1. The van der Waals surface area contributed by atoms with Crippen molar-refractivity contribution in [2.75, 3.05) is 6.61 Å². The van der Waals surface area contributed by atoms with Gasteiger partial charge in [0.25, 0.3) is 0 Å². The number of hydrogen-bond acceptors (Lipinski definition) is 6. The summed E-state index contributed by atoms with van der Waals surface area (Å²) in [4.78, 5) is 17.9. The predicted octanol–water partition coefficient (Wildman–Crippen LogP) is 1.83. The average Bonchev–Trinajstić information content (AvgIpc) is 2.77. The number of ether oxygens (including phenoxy) is 1. The summed E-state index contributed by atoms with van der Waals surface area (Å²) in [6.07, 6.45) is 1.07. The molecule has 6 heteroatoms. The number of nitrogens with zero attached hydrogens (tertiary/aromatic N) is 2. The summed E-state index contributed by atoms with van der Waals surface area (Å²) < 4.78 is 5.11. The lowest BCUT2D eigenvalue weighted by Crippen LogP contribution is -2.41. The standard InChI is InChI=1S/C15H20N2O4/c1-3-20-15(18)14-13(9-16-19)11(2)21-17(14)10-12-7-5-4-6-8-12/h4-9,11,13-14,19H,3,10H2,1-2H3/b16-9+/t11-,13-,14-/m1/s1. The van der Waals surface area contributed by atoms with Crippen LogP contribution in [0.1, 0.15) is 19.4 Å². The molecule has 0 saturated carbocycles. The highest BCUT2D eigenvalue weighted by atomic mass is 16.7. The predicted molar refractivity (Wildman–Crippen MR) is 76.7 cm³/mol. The van der Waals surface area contributed by atoms with Crippen molar-refractivity contribution in [2.24, 2.45) is 11.1 Å². The van der Waals surface area contributed by atoms with Gasteiger partial charge in [0.05, 0.1) is 31.4 Å². The molecule has 3 atom stereocenters. The molecule has 1 aromatic rings. The fourth-order valence-corrected chi connectivity index (χ4v) is 2.48. The van der Waals surface area contributed by atoms with Gasteiger partial charge in [-0.15, -0.1) is 5.16 Å². The van der Waals surface area contributed by atoms with Gasteiger partial charge < -0.3 is 9.94 Å². The monoisotopic (exact) mass is 292 g/mol. The summed E-state index contributed by atoms with van der Waals surface area (Å²) in [6.45, 7) is 4.35. The quantitative estimate of drug-likeness (QED) is 0.388. The fraction of sp³-hybridized carbons (Fsp3) is 0.467. The number of rotatable bonds is 5. The molecule has 6 nitrogen and oxygen atoms in total. The Morgan fingerprint density at radius 3 is 2.81 bits per heavy atom. The van der Waals surface area contributed by atoms with Crippen LogP contribution < -0.4 is 0 Å². The lowest BCUT2D eigenvalue weighted by atomic mass is 9.97. The second kappa shape index (κ2) is 7.19. The van der Waals surface area contributed by atoms with Crippen molar-refractivity contribution in [3.05, 3.63) is 35.9 Å². The highest BCUT2D eigenvalue weighted by Crippen LogP contribution is 2.29. The van der Waals surface area contributed by atoms with Crippen LogP contribution in [0.15, 0.2) is 35.5 Å². The van der Waals surface area contributed by atoms with Gasteiger partial charge in [0.2, 0.25) is 0 Å². The van der Waals surface area contributed by atoms with Gasteiger partial charge in [-0.1, -0.05) is 30.3 Å². The van der Waals surface area contributed by atoms with E-state index in [1.807, 2.05) is 37.3 Å². The number of benzene rings is 1. The highest BCUT2D eigenvalue weighted by molar-refractivity contribution is 5.81. The van der Waals surface area contributed by atoms with E-state index in [1.165, 1.54) is 6.21 Å². The number of carbonyl (C=O) groups is 1. The summed E-state index contributed by atoms with van der Waals surface area (Å²) in [5.74, 6) is -0.722. The molecule has 0 aromatic heterocycles. The summed E-state index contributed by atoms with van der Waals surface area (Å²) >= 11 is 0. The van der Waals surface area contributed by atoms with E-state index >= 15 is 0 Å². The normalized spacial score (nSPS) is 26.3. The third-order valence-corrected chi connectivity index (χ3v) is 3.47. The van der Waals surface area contributed by atoms with E-state index in [0.29, 0.717) is 13.2 Å². The first-order chi connectivity index (χ1) is 10.2. The summed E-state index contributed by atoms with van der Waals surface area (Å²) in [5, 5.41) is 13.5. The van der Waals surface area contributed by atoms with Gasteiger partial charge in [0.1, 0.15) is 6.04 Å². The minimum absolute atomic E-state index is 0.265. The highest BCUT2D eigenvalue weighted by Gasteiger charge is 2.45. The van der Waals surface area contributed by atoms with Crippen molar-refractivity contribution in [3.8, 4) is 0 Å². The molecule has 0 aliphatic carbocycles. The molecule has 0 amide bonds. The van der Waals surface area contributed by atoms with Crippen LogP contribution in [0.2, 0.25) is 0 Å². The molecule has 0 radical (unpaired) electrons. The van der Waals surface area contributed by atoms with Crippen LogP contribution in [0, 0.1) is 5.92 Å². The molecule has 1 aliphatic heterocycles. The molecule has 1 heterocycles. The molecule has 1 saturated heterocycles. The van der Waals surface area contributed by atoms with Crippen molar-refractivity contribution in [1.82, 2.24) is 5.06 Å². The SMILES string of the molecule is CCOC(=O)[C@H]1[C@H](/C=N/O)[C@@H](C)ON1Cc1ccccc1. The van der Waals surface area contributed by atoms with E-state index < -0.39 is 6.04 Å². The minimum Gasteiger partial charge on any atom is -0.465 e. The molecule has 114 valence electrons. The zero-order valence-electron chi connectivity index (χ0n) is 12.2. The molecular weight excluding hydrogens is 272 g/mol. The Hall–Kier alpha value is -1.92. The first-order valence-electron chi connectivity index (χ1n) is 6.99. The zero-order chi connectivity index (χ0) is 15.2. The van der Waals surface area contributed by atoms with Gasteiger partial charge in [-0.05, 0) is 19.4 Å². The van der Waals surface area contributed by atoms with Crippen molar-refractivity contribution in [3.63, 3.8) is 0 Å². The molecule has 1 N–H and O–H groups in total. The largest absolute Gasteiger partial charge is 0.465 e. The average molecular weight is 292 g/mol. The van der Waals surface area contributed by atoms with Gasteiger partial charge in [-0.2, -0.15) is 5.06 Å². The molecule has 1 aliphatic rings. The second-order valence-corrected chi connectivity index (χ2v) is 4.91. The zero-order valence-corrected chi connectivity index (χ0v) is 12.2. The van der Waals surface area contributed by atoms with Gasteiger partial charge >= 0.3 is 5.97 Å². The van der Waals surface area contributed by atoms with Crippen LogP contribution in [0.4, 0.5) is 0 Å². The number of carbonyl (C=O) groups excluding carboxylic acids is 1. The van der Waals surface area contributed by atoms with Gasteiger partial charge in [-0.25, -0.2) is 0 Å². The van der Waals surface area contributed by atoms with Crippen LogP contribution in [0.3, 0.4) is 0 Å². The fourth-order valence-electron chi connectivity index (χ4n) is 2.48. The van der Waals surface area contributed by atoms with Crippen molar-refractivity contribution in [2.45, 2.75) is 32.5 Å². The van der Waals surface area contributed by atoms with Gasteiger partial charge in [0, 0.05) is 0 Å². The third-order valence-electron chi connectivity index (χ3n) is 3.47. The van der Waals surface area contributed by atoms with Gasteiger partial charge in [0.15, 0.2) is 0 Å². The Balaban J connectivity index is 2.19. The first-order valence-corrected chi connectivity index (χ1v) is 6.99. The van der Waals surface area contributed by atoms with Crippen LogP contribution in [0.5, 0.6) is 0 Å². The first kappa shape index (κ1) is 15.5. The molecule has 0 unspecified atom stereocenters.